The molecule has 1 saturated heterocycles. The van der Waals surface area contributed by atoms with Crippen LogP contribution in [0.4, 0.5) is 10.5 Å². The van der Waals surface area contributed by atoms with Crippen LogP contribution in [0.1, 0.15) is 12.0 Å². The van der Waals surface area contributed by atoms with Crippen molar-refractivity contribution in [1.82, 2.24) is 5.32 Å². The van der Waals surface area contributed by atoms with Crippen LogP contribution >= 0.6 is 0 Å². The van der Waals surface area contributed by atoms with E-state index in [1.54, 1.807) is 12.0 Å². The molecular formula is C20H22N2O4. The van der Waals surface area contributed by atoms with Gasteiger partial charge in [0, 0.05) is 12.1 Å². The maximum atomic E-state index is 12.0. The van der Waals surface area contributed by atoms with Gasteiger partial charge in [-0.1, -0.05) is 30.3 Å². The molecule has 1 aliphatic heterocycles. The number of nitrogens with one attached hydrogen (secondary N) is 1. The van der Waals surface area contributed by atoms with Crippen molar-refractivity contribution in [2.24, 2.45) is 0 Å². The fraction of sp³-hybridized carbons (Fsp3) is 0.300. The van der Waals surface area contributed by atoms with E-state index < -0.39 is 0 Å². The van der Waals surface area contributed by atoms with Crippen LogP contribution in [-0.4, -0.2) is 38.3 Å². The van der Waals surface area contributed by atoms with E-state index in [1.807, 2.05) is 54.6 Å². The van der Waals surface area contributed by atoms with E-state index >= 15 is 0 Å². The molecule has 2 aromatic carbocycles. The van der Waals surface area contributed by atoms with Gasteiger partial charge in [0.05, 0.1) is 20.2 Å². The molecule has 136 valence electrons. The monoisotopic (exact) mass is 354 g/mol. The molecule has 6 heteroatoms. The number of para-hydroxylation sites is 1. The van der Waals surface area contributed by atoms with Gasteiger partial charge < -0.3 is 14.8 Å². The maximum absolute atomic E-state index is 12.0. The lowest BCUT2D eigenvalue weighted by Crippen LogP contribution is -2.34. The van der Waals surface area contributed by atoms with Gasteiger partial charge in [0.2, 0.25) is 5.91 Å². The van der Waals surface area contributed by atoms with Gasteiger partial charge in [-0.05, 0) is 36.2 Å². The lowest BCUT2D eigenvalue weighted by Gasteiger charge is -2.12. The van der Waals surface area contributed by atoms with Crippen molar-refractivity contribution in [2.75, 3.05) is 25.1 Å². The Hall–Kier alpha value is -3.02. The molecular weight excluding hydrogens is 332 g/mol. The third-order valence-corrected chi connectivity index (χ3v) is 4.27. The van der Waals surface area contributed by atoms with Gasteiger partial charge in [0.15, 0.2) is 0 Å². The molecule has 0 saturated carbocycles. The molecule has 6 nitrogen and oxygen atoms in total. The van der Waals surface area contributed by atoms with Crippen molar-refractivity contribution in [2.45, 2.75) is 18.9 Å². The number of aryl methyl sites for hydroxylation is 1. The zero-order chi connectivity index (χ0) is 18.4. The molecule has 1 aliphatic rings. The Bertz CT molecular complexity index is 746. The van der Waals surface area contributed by atoms with Crippen LogP contribution < -0.4 is 15.0 Å². The van der Waals surface area contributed by atoms with Crippen LogP contribution in [0.3, 0.4) is 0 Å². The van der Waals surface area contributed by atoms with Crippen molar-refractivity contribution in [1.29, 1.82) is 0 Å². The lowest BCUT2D eigenvalue weighted by atomic mass is 10.1. The van der Waals surface area contributed by atoms with E-state index in [9.17, 15) is 9.59 Å². The number of nitrogens with zero attached hydrogens (tertiary/aromatic N) is 1. The Balaban J connectivity index is 1.42. The first-order valence-corrected chi connectivity index (χ1v) is 8.58. The summed E-state index contributed by atoms with van der Waals surface area (Å²) in [7, 11) is 1.62. The number of benzene rings is 2. The summed E-state index contributed by atoms with van der Waals surface area (Å²) >= 11 is 0. The summed E-state index contributed by atoms with van der Waals surface area (Å²) in [6.07, 6.45) is 0.313. The first-order valence-electron chi connectivity index (χ1n) is 8.58. The van der Waals surface area contributed by atoms with Crippen LogP contribution in [0, 0.1) is 0 Å². The van der Waals surface area contributed by atoms with Gasteiger partial charge >= 0.3 is 6.09 Å². The number of carbonyl (C=O) groups is 2. The zero-order valence-corrected chi connectivity index (χ0v) is 14.7. The van der Waals surface area contributed by atoms with Crippen LogP contribution in [0.5, 0.6) is 5.75 Å². The molecule has 1 N–H and O–H groups in total. The van der Waals surface area contributed by atoms with E-state index in [4.69, 9.17) is 9.47 Å². The van der Waals surface area contributed by atoms with Gasteiger partial charge in [-0.2, -0.15) is 0 Å². The summed E-state index contributed by atoms with van der Waals surface area (Å²) < 4.78 is 10.4. The van der Waals surface area contributed by atoms with Crippen molar-refractivity contribution in [3.63, 3.8) is 0 Å². The molecule has 3 rings (SSSR count). The predicted octanol–water partition coefficient (Wildman–Crippen LogP) is 2.77. The maximum Gasteiger partial charge on any atom is 0.414 e. The Morgan fingerprint density at radius 3 is 2.62 bits per heavy atom. The van der Waals surface area contributed by atoms with Crippen molar-refractivity contribution in [3.05, 3.63) is 60.2 Å². The second kappa shape index (κ2) is 8.38. The normalized spacial score (nSPS) is 16.3. The number of cyclic esters (lactones) is 1. The van der Waals surface area contributed by atoms with Crippen molar-refractivity contribution in [3.8, 4) is 5.75 Å². The van der Waals surface area contributed by atoms with Crippen LogP contribution in [0.15, 0.2) is 54.6 Å². The third kappa shape index (κ3) is 4.53. The fourth-order valence-corrected chi connectivity index (χ4v) is 2.81. The molecule has 0 aliphatic carbocycles. The molecule has 0 aromatic heterocycles. The van der Waals surface area contributed by atoms with Crippen LogP contribution in [-0.2, 0) is 16.0 Å². The molecule has 0 spiro atoms. The average Bonchev–Trinajstić information content (AvgIpc) is 3.06. The zero-order valence-electron chi connectivity index (χ0n) is 14.7. The molecule has 1 atom stereocenters. The van der Waals surface area contributed by atoms with Gasteiger partial charge in [-0.3, -0.25) is 9.69 Å². The summed E-state index contributed by atoms with van der Waals surface area (Å²) in [5, 5.41) is 2.84. The summed E-state index contributed by atoms with van der Waals surface area (Å²) in [5.74, 6) is 0.735. The minimum atomic E-state index is -0.381. The van der Waals surface area contributed by atoms with Crippen LogP contribution in [0.25, 0.3) is 0 Å². The Morgan fingerprint density at radius 1 is 1.19 bits per heavy atom. The number of methoxy groups -OCH3 is 1. The number of anilines is 1. The predicted molar refractivity (Wildman–Crippen MR) is 98.4 cm³/mol. The third-order valence-electron chi connectivity index (χ3n) is 4.27. The lowest BCUT2D eigenvalue weighted by molar-refractivity contribution is -0.121. The highest BCUT2D eigenvalue weighted by molar-refractivity contribution is 5.89. The molecule has 2 aromatic rings. The minimum absolute atomic E-state index is 0.0602. The Morgan fingerprint density at radius 2 is 1.92 bits per heavy atom. The second-order valence-corrected chi connectivity index (χ2v) is 6.10. The quantitative estimate of drug-likeness (QED) is 0.830. The molecule has 26 heavy (non-hydrogen) atoms. The molecule has 1 heterocycles. The fourth-order valence-electron chi connectivity index (χ4n) is 2.81. The number of amides is 2. The molecule has 0 radical (unpaired) electrons. The molecule has 2 amide bonds. The first kappa shape index (κ1) is 17.8. The molecule has 1 unspecified atom stereocenters. The van der Waals surface area contributed by atoms with E-state index in [-0.39, 0.29) is 18.1 Å². The van der Waals surface area contributed by atoms with E-state index in [0.29, 0.717) is 25.9 Å². The minimum Gasteiger partial charge on any atom is -0.497 e. The summed E-state index contributed by atoms with van der Waals surface area (Å²) in [4.78, 5) is 25.6. The van der Waals surface area contributed by atoms with Gasteiger partial charge in [-0.25, -0.2) is 4.79 Å². The Labute approximate surface area is 152 Å². The van der Waals surface area contributed by atoms with Crippen molar-refractivity contribution < 1.29 is 19.1 Å². The topological polar surface area (TPSA) is 67.9 Å². The van der Waals surface area contributed by atoms with E-state index in [0.717, 1.165) is 17.0 Å². The van der Waals surface area contributed by atoms with E-state index in [2.05, 4.69) is 5.32 Å². The van der Waals surface area contributed by atoms with Crippen molar-refractivity contribution >= 4 is 17.7 Å². The molecule has 1 fully saturated rings. The highest BCUT2D eigenvalue weighted by Gasteiger charge is 2.32. The summed E-state index contributed by atoms with van der Waals surface area (Å²) in [6.45, 7) is 0.748. The summed E-state index contributed by atoms with van der Waals surface area (Å²) in [6, 6.07) is 17.0. The average molecular weight is 354 g/mol. The highest BCUT2D eigenvalue weighted by atomic mass is 16.6. The smallest absolute Gasteiger partial charge is 0.414 e. The molecule has 0 bridgehead atoms. The van der Waals surface area contributed by atoms with Gasteiger partial charge in [0.1, 0.15) is 11.9 Å². The number of rotatable bonds is 7. The summed E-state index contributed by atoms with van der Waals surface area (Å²) in [5.41, 5.74) is 1.87. The first-order chi connectivity index (χ1) is 12.7. The number of ether oxygens (including phenoxy) is 2. The highest BCUT2D eigenvalue weighted by Crippen LogP contribution is 2.20. The second-order valence-electron chi connectivity index (χ2n) is 6.10. The van der Waals surface area contributed by atoms with Crippen LogP contribution in [0.2, 0.25) is 0 Å². The number of hydrogen-bond acceptors (Lipinski definition) is 4. The number of hydrogen-bond donors (Lipinski definition) is 1. The number of carbonyl (C=O) groups excluding carboxylic acids is 2. The van der Waals surface area contributed by atoms with E-state index in [1.165, 1.54) is 0 Å². The Kier molecular flexibility index (Phi) is 5.73. The van der Waals surface area contributed by atoms with Gasteiger partial charge in [-0.15, -0.1) is 0 Å². The standard InChI is InChI=1S/C20H22N2O4/c1-25-17-10-7-15(8-11-17)9-12-19(23)21-13-18-14-22(20(24)26-18)16-5-3-2-4-6-16/h2-8,10-11,18H,9,12-14H2,1H3,(H,21,23). The largest absolute Gasteiger partial charge is 0.497 e. The SMILES string of the molecule is COc1ccc(CCC(=O)NCC2CN(c3ccccc3)C(=O)O2)cc1. The van der Waals surface area contributed by atoms with Gasteiger partial charge in [0.25, 0.3) is 0 Å².